The lowest BCUT2D eigenvalue weighted by Gasteiger charge is -2.09. The first-order valence-electron chi connectivity index (χ1n) is 8.18. The molecule has 0 saturated carbocycles. The fraction of sp³-hybridized carbons (Fsp3) is 0.333. The summed E-state index contributed by atoms with van der Waals surface area (Å²) < 4.78 is 25.1. The highest BCUT2D eigenvalue weighted by Gasteiger charge is 2.17. The fourth-order valence-electron chi connectivity index (χ4n) is 2.16. The van der Waals surface area contributed by atoms with Crippen LogP contribution < -0.4 is 5.32 Å². The topological polar surface area (TPSA) is 87.2 Å². The first-order chi connectivity index (χ1) is 12.9. The number of amidine groups is 1. The first-order valence-corrected chi connectivity index (χ1v) is 11.4. The molecule has 1 aromatic heterocycles. The van der Waals surface area contributed by atoms with E-state index in [2.05, 4.69) is 26.2 Å². The van der Waals surface area contributed by atoms with Crippen molar-refractivity contribution in [3.05, 3.63) is 47.0 Å². The van der Waals surface area contributed by atoms with Gasteiger partial charge in [0.2, 0.25) is 0 Å². The summed E-state index contributed by atoms with van der Waals surface area (Å²) in [6.45, 7) is 2.68. The second kappa shape index (κ2) is 10.4. The number of terminal acetylenes is 1. The third-order valence-electron chi connectivity index (χ3n) is 3.61. The number of H-pyrrole nitrogens is 1. The van der Waals surface area contributed by atoms with E-state index < -0.39 is 9.84 Å². The number of thioether (sulfide) groups is 1. The predicted molar refractivity (Wildman–Crippen MR) is 112 cm³/mol. The second-order valence-corrected chi connectivity index (χ2v) is 9.16. The van der Waals surface area contributed by atoms with Gasteiger partial charge in [-0.1, -0.05) is 17.5 Å². The zero-order chi connectivity index (χ0) is 19.7. The average Bonchev–Trinajstić information content (AvgIpc) is 3.04. The number of aliphatic imine (C=N–C) groups is 1. The zero-order valence-corrected chi connectivity index (χ0v) is 17.3. The molecular formula is C18H21ClN4O2S2. The molecular weight excluding hydrogens is 404 g/mol. The van der Waals surface area contributed by atoms with E-state index in [1.165, 1.54) is 12.1 Å². The minimum atomic E-state index is -3.53. The molecule has 0 unspecified atom stereocenters. The number of aromatic nitrogens is 2. The SMILES string of the molecule is C#CCNC(CS(=O)(=O)c1ccc(Cl)cc1)=NCCSCc1nc[nH]c1C. The Morgan fingerprint density at radius 3 is 2.78 bits per heavy atom. The molecule has 2 aromatic rings. The number of hydrogen-bond donors (Lipinski definition) is 2. The van der Waals surface area contributed by atoms with Gasteiger partial charge < -0.3 is 10.3 Å². The van der Waals surface area contributed by atoms with Crippen LogP contribution >= 0.6 is 23.4 Å². The molecule has 2 N–H and O–H groups in total. The Kier molecular flexibility index (Phi) is 8.23. The van der Waals surface area contributed by atoms with Crippen LogP contribution in [0.25, 0.3) is 0 Å². The van der Waals surface area contributed by atoms with Crippen molar-refractivity contribution in [3.63, 3.8) is 0 Å². The molecule has 9 heteroatoms. The van der Waals surface area contributed by atoms with E-state index in [9.17, 15) is 8.42 Å². The number of aromatic amines is 1. The van der Waals surface area contributed by atoms with Crippen LogP contribution in [-0.4, -0.2) is 48.8 Å². The summed E-state index contributed by atoms with van der Waals surface area (Å²) in [5.41, 5.74) is 2.07. The monoisotopic (exact) mass is 424 g/mol. The van der Waals surface area contributed by atoms with Crippen LogP contribution in [0.3, 0.4) is 0 Å². The van der Waals surface area contributed by atoms with Gasteiger partial charge in [0, 0.05) is 22.2 Å². The number of rotatable bonds is 9. The van der Waals surface area contributed by atoms with E-state index in [-0.39, 0.29) is 17.2 Å². The van der Waals surface area contributed by atoms with Crippen LogP contribution in [-0.2, 0) is 15.6 Å². The molecule has 1 heterocycles. The number of hydrogen-bond acceptors (Lipinski definition) is 5. The number of nitrogens with zero attached hydrogens (tertiary/aromatic N) is 2. The Morgan fingerprint density at radius 2 is 2.15 bits per heavy atom. The molecule has 27 heavy (non-hydrogen) atoms. The lowest BCUT2D eigenvalue weighted by molar-refractivity contribution is 0.599. The molecule has 0 aliphatic carbocycles. The van der Waals surface area contributed by atoms with Crippen LogP contribution in [0.15, 0.2) is 40.5 Å². The standard InChI is InChI=1S/C18H21ClN4O2S2/c1-3-8-20-18(12-27(24,25)16-6-4-15(19)5-7-16)21-9-10-26-11-17-14(2)22-13-23-17/h1,4-7,13H,8-12H2,2H3,(H,20,21)(H,22,23). The van der Waals surface area contributed by atoms with Crippen molar-refractivity contribution in [2.45, 2.75) is 17.6 Å². The van der Waals surface area contributed by atoms with Crippen molar-refractivity contribution in [3.8, 4) is 12.3 Å². The Balaban J connectivity index is 1.94. The van der Waals surface area contributed by atoms with Gasteiger partial charge in [-0.2, -0.15) is 11.8 Å². The van der Waals surface area contributed by atoms with Gasteiger partial charge in [0.25, 0.3) is 0 Å². The summed E-state index contributed by atoms with van der Waals surface area (Å²) in [4.78, 5) is 11.9. The Bertz CT molecular complexity index is 916. The molecule has 0 aliphatic rings. The van der Waals surface area contributed by atoms with E-state index in [1.54, 1.807) is 30.2 Å². The molecule has 0 atom stereocenters. The number of aryl methyl sites for hydroxylation is 1. The molecule has 0 bridgehead atoms. The summed E-state index contributed by atoms with van der Waals surface area (Å²) in [7, 11) is -3.53. The fourth-order valence-corrected chi connectivity index (χ4v) is 4.40. The maximum Gasteiger partial charge on any atom is 0.185 e. The van der Waals surface area contributed by atoms with Crippen molar-refractivity contribution >= 4 is 39.0 Å². The second-order valence-electron chi connectivity index (χ2n) is 5.63. The maximum absolute atomic E-state index is 12.6. The van der Waals surface area contributed by atoms with Crippen molar-refractivity contribution in [1.82, 2.24) is 15.3 Å². The van der Waals surface area contributed by atoms with E-state index in [0.717, 1.165) is 22.9 Å². The van der Waals surface area contributed by atoms with E-state index in [4.69, 9.17) is 18.0 Å². The van der Waals surface area contributed by atoms with Crippen LogP contribution in [0.4, 0.5) is 0 Å². The van der Waals surface area contributed by atoms with Crippen molar-refractivity contribution in [2.24, 2.45) is 4.99 Å². The third-order valence-corrected chi connectivity index (χ3v) is 6.45. The number of sulfone groups is 1. The minimum absolute atomic E-state index is 0.200. The van der Waals surface area contributed by atoms with Gasteiger partial charge in [0.1, 0.15) is 11.6 Å². The Morgan fingerprint density at radius 1 is 1.41 bits per heavy atom. The van der Waals surface area contributed by atoms with Crippen LogP contribution in [0, 0.1) is 19.3 Å². The van der Waals surface area contributed by atoms with E-state index in [1.807, 2.05) is 6.92 Å². The van der Waals surface area contributed by atoms with Gasteiger partial charge in [-0.15, -0.1) is 6.42 Å². The van der Waals surface area contributed by atoms with Gasteiger partial charge in [-0.05, 0) is 31.2 Å². The average molecular weight is 425 g/mol. The summed E-state index contributed by atoms with van der Waals surface area (Å²) in [6, 6.07) is 6.07. The molecule has 144 valence electrons. The Labute approximate surface area is 169 Å². The number of benzene rings is 1. The van der Waals surface area contributed by atoms with Crippen LogP contribution in [0.2, 0.25) is 5.02 Å². The molecule has 0 amide bonds. The maximum atomic E-state index is 12.6. The smallest absolute Gasteiger partial charge is 0.185 e. The molecule has 0 spiro atoms. The van der Waals surface area contributed by atoms with Gasteiger partial charge in [0.15, 0.2) is 9.84 Å². The normalized spacial score (nSPS) is 12.0. The number of imidazole rings is 1. The summed E-state index contributed by atoms with van der Waals surface area (Å²) >= 11 is 7.50. The predicted octanol–water partition coefficient (Wildman–Crippen LogP) is 2.70. The lowest BCUT2D eigenvalue weighted by Crippen LogP contribution is -2.31. The third kappa shape index (κ3) is 6.94. The van der Waals surface area contributed by atoms with Crippen molar-refractivity contribution < 1.29 is 8.42 Å². The molecule has 0 aliphatic heterocycles. The van der Waals surface area contributed by atoms with Gasteiger partial charge in [-0.3, -0.25) is 4.99 Å². The quantitative estimate of drug-likeness (QED) is 0.279. The molecule has 0 saturated heterocycles. The highest BCUT2D eigenvalue weighted by Crippen LogP contribution is 2.16. The van der Waals surface area contributed by atoms with Gasteiger partial charge in [0.05, 0.1) is 30.0 Å². The number of nitrogens with one attached hydrogen (secondary N) is 2. The highest BCUT2D eigenvalue weighted by atomic mass is 35.5. The van der Waals surface area contributed by atoms with Crippen molar-refractivity contribution in [1.29, 1.82) is 0 Å². The van der Waals surface area contributed by atoms with Gasteiger partial charge >= 0.3 is 0 Å². The van der Waals surface area contributed by atoms with Crippen LogP contribution in [0.1, 0.15) is 11.4 Å². The summed E-state index contributed by atoms with van der Waals surface area (Å²) in [5.74, 6) is 4.08. The molecule has 2 rings (SSSR count). The molecule has 0 fully saturated rings. The largest absolute Gasteiger partial charge is 0.362 e. The molecule has 6 nitrogen and oxygen atoms in total. The minimum Gasteiger partial charge on any atom is -0.362 e. The summed E-state index contributed by atoms with van der Waals surface area (Å²) in [5, 5.41) is 3.39. The molecule has 0 radical (unpaired) electrons. The van der Waals surface area contributed by atoms with Gasteiger partial charge in [-0.25, -0.2) is 13.4 Å². The first kappa shape index (κ1) is 21.4. The highest BCUT2D eigenvalue weighted by molar-refractivity contribution is 7.98. The van der Waals surface area contributed by atoms with Crippen LogP contribution in [0.5, 0.6) is 0 Å². The van der Waals surface area contributed by atoms with E-state index >= 15 is 0 Å². The zero-order valence-electron chi connectivity index (χ0n) is 14.9. The Hall–Kier alpha value is -1.95. The molecule has 1 aromatic carbocycles. The number of halogens is 1. The summed E-state index contributed by atoms with van der Waals surface area (Å²) in [6.07, 6.45) is 6.94. The van der Waals surface area contributed by atoms with Crippen molar-refractivity contribution in [2.75, 3.05) is 24.6 Å². The van der Waals surface area contributed by atoms with E-state index in [0.29, 0.717) is 17.4 Å². The lowest BCUT2D eigenvalue weighted by atomic mass is 10.4.